The fourth-order valence-electron chi connectivity index (χ4n) is 1.42. The highest BCUT2D eigenvalue weighted by Crippen LogP contribution is 2.27. The van der Waals surface area contributed by atoms with Gasteiger partial charge in [-0.1, -0.05) is 30.3 Å². The molecule has 76 valence electrons. The molecule has 2 aromatic rings. The number of Topliss-reactive ketones (excluding diaryl/α,β-unsaturated/α-hetero) is 1. The van der Waals surface area contributed by atoms with Crippen LogP contribution >= 0.6 is 0 Å². The molecule has 3 heteroatoms. The number of anilines is 1. The lowest BCUT2D eigenvalue weighted by Gasteiger charge is -1.94. The maximum atomic E-state index is 11.1. The highest BCUT2D eigenvalue weighted by atomic mass is 16.3. The van der Waals surface area contributed by atoms with Crippen LogP contribution in [0.1, 0.15) is 17.5 Å². The molecule has 0 unspecified atom stereocenters. The number of nitrogens with two attached hydrogens (primary N) is 1. The van der Waals surface area contributed by atoms with Gasteiger partial charge in [-0.3, -0.25) is 4.79 Å². The monoisotopic (exact) mass is 201 g/mol. The average Bonchev–Trinajstić information content (AvgIpc) is 2.62. The lowest BCUT2D eigenvalue weighted by molar-refractivity contribution is 0.0989. The standard InChI is InChI=1S/C12H11NO2/c1-8(14)12-10(13)7-11(15-12)9-5-3-2-4-6-9/h2-7H,13H2,1H3. The molecule has 15 heavy (non-hydrogen) atoms. The van der Waals surface area contributed by atoms with E-state index in [0.717, 1.165) is 5.56 Å². The highest BCUT2D eigenvalue weighted by molar-refractivity contribution is 5.97. The maximum Gasteiger partial charge on any atom is 0.197 e. The number of furan rings is 1. The van der Waals surface area contributed by atoms with E-state index in [0.29, 0.717) is 11.4 Å². The molecule has 0 aliphatic carbocycles. The summed E-state index contributed by atoms with van der Waals surface area (Å²) in [5.74, 6) is 0.696. The SMILES string of the molecule is CC(=O)c1oc(-c2ccccc2)cc1N. The number of hydrogen-bond acceptors (Lipinski definition) is 3. The maximum absolute atomic E-state index is 11.1. The van der Waals surface area contributed by atoms with Gasteiger partial charge in [0.25, 0.3) is 0 Å². The number of rotatable bonds is 2. The van der Waals surface area contributed by atoms with Crippen molar-refractivity contribution < 1.29 is 9.21 Å². The number of carbonyl (C=O) groups excluding carboxylic acids is 1. The van der Waals surface area contributed by atoms with Gasteiger partial charge in [0.15, 0.2) is 11.5 Å². The van der Waals surface area contributed by atoms with Gasteiger partial charge in [0.2, 0.25) is 0 Å². The minimum atomic E-state index is -0.158. The van der Waals surface area contributed by atoms with Crippen LogP contribution < -0.4 is 5.73 Å². The van der Waals surface area contributed by atoms with Crippen LogP contribution in [0.3, 0.4) is 0 Å². The van der Waals surface area contributed by atoms with E-state index < -0.39 is 0 Å². The molecule has 0 fully saturated rings. The van der Waals surface area contributed by atoms with Gasteiger partial charge in [-0.15, -0.1) is 0 Å². The summed E-state index contributed by atoms with van der Waals surface area (Å²) in [7, 11) is 0. The molecule has 0 saturated carbocycles. The third kappa shape index (κ3) is 1.76. The molecule has 3 nitrogen and oxygen atoms in total. The van der Waals surface area contributed by atoms with Gasteiger partial charge in [0.1, 0.15) is 5.76 Å². The number of ketones is 1. The summed E-state index contributed by atoms with van der Waals surface area (Å²) >= 11 is 0. The molecule has 0 atom stereocenters. The van der Waals surface area contributed by atoms with Crippen molar-refractivity contribution in [2.24, 2.45) is 0 Å². The predicted molar refractivity (Wildman–Crippen MR) is 58.6 cm³/mol. The molecule has 0 saturated heterocycles. The minimum absolute atomic E-state index is 0.158. The quantitative estimate of drug-likeness (QED) is 0.760. The predicted octanol–water partition coefficient (Wildman–Crippen LogP) is 2.73. The van der Waals surface area contributed by atoms with Crippen LogP contribution in [0.5, 0.6) is 0 Å². The average molecular weight is 201 g/mol. The van der Waals surface area contributed by atoms with E-state index in [-0.39, 0.29) is 11.5 Å². The Bertz CT molecular complexity index is 486. The molecule has 0 aliphatic heterocycles. The molecule has 0 spiro atoms. The van der Waals surface area contributed by atoms with Crippen LogP contribution in [0.15, 0.2) is 40.8 Å². The topological polar surface area (TPSA) is 56.2 Å². The summed E-state index contributed by atoms with van der Waals surface area (Å²) in [6.45, 7) is 1.43. The van der Waals surface area contributed by atoms with E-state index >= 15 is 0 Å². The fourth-order valence-corrected chi connectivity index (χ4v) is 1.42. The van der Waals surface area contributed by atoms with Gasteiger partial charge in [0.05, 0.1) is 5.69 Å². The molecule has 2 N–H and O–H groups in total. The molecular formula is C12H11NO2. The number of benzene rings is 1. The molecule has 0 aliphatic rings. The first-order chi connectivity index (χ1) is 7.18. The van der Waals surface area contributed by atoms with Crippen molar-refractivity contribution in [3.8, 4) is 11.3 Å². The Balaban J connectivity index is 2.48. The van der Waals surface area contributed by atoms with Crippen molar-refractivity contribution >= 4 is 11.5 Å². The van der Waals surface area contributed by atoms with Crippen LogP contribution in [-0.2, 0) is 0 Å². The van der Waals surface area contributed by atoms with Crippen LogP contribution in [0.4, 0.5) is 5.69 Å². The van der Waals surface area contributed by atoms with Gasteiger partial charge >= 0.3 is 0 Å². The summed E-state index contributed by atoms with van der Waals surface area (Å²) in [5.41, 5.74) is 6.97. The van der Waals surface area contributed by atoms with E-state index in [1.54, 1.807) is 6.07 Å². The zero-order valence-corrected chi connectivity index (χ0v) is 8.36. The highest BCUT2D eigenvalue weighted by Gasteiger charge is 2.13. The summed E-state index contributed by atoms with van der Waals surface area (Å²) < 4.78 is 5.39. The second-order valence-corrected chi connectivity index (χ2v) is 3.32. The third-order valence-corrected chi connectivity index (χ3v) is 2.14. The Morgan fingerprint density at radius 3 is 2.47 bits per heavy atom. The van der Waals surface area contributed by atoms with Crippen LogP contribution in [0.25, 0.3) is 11.3 Å². The zero-order chi connectivity index (χ0) is 10.8. The Hall–Kier alpha value is -2.03. The molecular weight excluding hydrogens is 190 g/mol. The molecule has 0 amide bonds. The lowest BCUT2D eigenvalue weighted by Crippen LogP contribution is -1.94. The largest absolute Gasteiger partial charge is 0.451 e. The van der Waals surface area contributed by atoms with Gasteiger partial charge < -0.3 is 10.2 Å². The van der Waals surface area contributed by atoms with Gasteiger partial charge in [-0.05, 0) is 0 Å². The number of carbonyl (C=O) groups is 1. The summed E-state index contributed by atoms with van der Waals surface area (Å²) in [6, 6.07) is 11.2. The normalized spacial score (nSPS) is 10.2. The number of nitrogen functional groups attached to an aromatic ring is 1. The molecule has 1 aromatic carbocycles. The van der Waals surface area contributed by atoms with Crippen LogP contribution in [-0.4, -0.2) is 5.78 Å². The number of hydrogen-bond donors (Lipinski definition) is 1. The lowest BCUT2D eigenvalue weighted by atomic mass is 10.2. The van der Waals surface area contributed by atoms with Crippen molar-refractivity contribution in [3.05, 3.63) is 42.2 Å². The molecule has 0 bridgehead atoms. The molecule has 1 aromatic heterocycles. The summed E-state index contributed by atoms with van der Waals surface area (Å²) in [5, 5.41) is 0. The van der Waals surface area contributed by atoms with Crippen molar-refractivity contribution in [3.63, 3.8) is 0 Å². The van der Waals surface area contributed by atoms with Crippen molar-refractivity contribution in [1.29, 1.82) is 0 Å². The van der Waals surface area contributed by atoms with Crippen LogP contribution in [0.2, 0.25) is 0 Å². The van der Waals surface area contributed by atoms with E-state index in [2.05, 4.69) is 0 Å². The van der Waals surface area contributed by atoms with Gasteiger partial charge in [-0.25, -0.2) is 0 Å². The van der Waals surface area contributed by atoms with E-state index in [4.69, 9.17) is 10.2 Å². The third-order valence-electron chi connectivity index (χ3n) is 2.14. The van der Waals surface area contributed by atoms with E-state index in [1.807, 2.05) is 30.3 Å². The minimum Gasteiger partial charge on any atom is -0.451 e. The zero-order valence-electron chi connectivity index (χ0n) is 8.36. The second kappa shape index (κ2) is 3.61. The Morgan fingerprint density at radius 2 is 1.93 bits per heavy atom. The van der Waals surface area contributed by atoms with Crippen LogP contribution in [0, 0.1) is 0 Å². The summed E-state index contributed by atoms with van der Waals surface area (Å²) in [4.78, 5) is 11.1. The first-order valence-electron chi connectivity index (χ1n) is 4.64. The van der Waals surface area contributed by atoms with Crippen molar-refractivity contribution in [2.45, 2.75) is 6.92 Å². The first-order valence-corrected chi connectivity index (χ1v) is 4.64. The van der Waals surface area contributed by atoms with Gasteiger partial charge in [0, 0.05) is 18.6 Å². The Labute approximate surface area is 87.5 Å². The van der Waals surface area contributed by atoms with E-state index in [1.165, 1.54) is 6.92 Å². The molecule has 0 radical (unpaired) electrons. The summed E-state index contributed by atoms with van der Waals surface area (Å²) in [6.07, 6.45) is 0. The fraction of sp³-hybridized carbons (Fsp3) is 0.0833. The molecule has 2 rings (SSSR count). The van der Waals surface area contributed by atoms with Crippen molar-refractivity contribution in [1.82, 2.24) is 0 Å². The smallest absolute Gasteiger partial charge is 0.197 e. The second-order valence-electron chi connectivity index (χ2n) is 3.32. The van der Waals surface area contributed by atoms with Crippen molar-refractivity contribution in [2.75, 3.05) is 5.73 Å². The Kier molecular flexibility index (Phi) is 2.29. The first kappa shape index (κ1) is 9.52. The molecule has 1 heterocycles. The van der Waals surface area contributed by atoms with E-state index in [9.17, 15) is 4.79 Å². The van der Waals surface area contributed by atoms with Gasteiger partial charge in [-0.2, -0.15) is 0 Å². The Morgan fingerprint density at radius 1 is 1.27 bits per heavy atom.